The molecule has 3 heterocycles. The number of aromatic nitrogens is 3. The molecule has 1 aliphatic heterocycles. The van der Waals surface area contributed by atoms with Crippen LogP contribution < -0.4 is 10.2 Å². The molecule has 23 heavy (non-hydrogen) atoms. The van der Waals surface area contributed by atoms with Crippen LogP contribution >= 0.6 is 11.3 Å². The van der Waals surface area contributed by atoms with Crippen LogP contribution in [0.5, 0.6) is 0 Å². The molecule has 6 nitrogen and oxygen atoms in total. The van der Waals surface area contributed by atoms with E-state index in [0.717, 1.165) is 29.4 Å². The zero-order chi connectivity index (χ0) is 16.0. The number of carbonyl (C=O) groups is 1. The predicted octanol–water partition coefficient (Wildman–Crippen LogP) is 2.03. The molecule has 1 amide bonds. The molecule has 0 aromatic carbocycles. The molecule has 2 aliphatic rings. The second kappa shape index (κ2) is 5.72. The Kier molecular flexibility index (Phi) is 3.69. The van der Waals surface area contributed by atoms with Gasteiger partial charge in [0.1, 0.15) is 5.01 Å². The summed E-state index contributed by atoms with van der Waals surface area (Å²) in [6, 6.07) is 0.0986. The monoisotopic (exact) mass is 331 g/mol. The molecule has 2 aromatic heterocycles. The van der Waals surface area contributed by atoms with Gasteiger partial charge in [-0.2, -0.15) is 5.10 Å². The van der Waals surface area contributed by atoms with Crippen molar-refractivity contribution >= 4 is 22.9 Å². The van der Waals surface area contributed by atoms with Gasteiger partial charge in [0.05, 0.1) is 24.0 Å². The average Bonchev–Trinajstić information content (AvgIpc) is 2.96. The molecule has 2 atom stereocenters. The summed E-state index contributed by atoms with van der Waals surface area (Å²) in [4.78, 5) is 19.2. The number of amides is 1. The van der Waals surface area contributed by atoms with Crippen molar-refractivity contribution in [3.8, 4) is 0 Å². The van der Waals surface area contributed by atoms with E-state index < -0.39 is 0 Å². The van der Waals surface area contributed by atoms with Gasteiger partial charge in [0.2, 0.25) is 5.91 Å². The number of nitrogens with one attached hydrogen (secondary N) is 1. The van der Waals surface area contributed by atoms with Crippen LogP contribution in [0.3, 0.4) is 0 Å². The Hall–Kier alpha value is -1.73. The lowest BCUT2D eigenvalue weighted by molar-refractivity contribution is -0.119. The van der Waals surface area contributed by atoms with E-state index in [9.17, 15) is 4.79 Å². The maximum atomic E-state index is 12.7. The molecule has 122 valence electrons. The van der Waals surface area contributed by atoms with E-state index >= 15 is 0 Å². The highest BCUT2D eigenvalue weighted by Crippen LogP contribution is 2.42. The van der Waals surface area contributed by atoms with Gasteiger partial charge in [-0.3, -0.25) is 14.8 Å². The molecule has 1 saturated heterocycles. The van der Waals surface area contributed by atoms with Gasteiger partial charge in [-0.25, -0.2) is 4.98 Å². The van der Waals surface area contributed by atoms with Crippen molar-refractivity contribution in [3.63, 3.8) is 0 Å². The number of carbonyl (C=O) groups excluding carboxylic acids is 1. The molecule has 2 aromatic rings. The van der Waals surface area contributed by atoms with Gasteiger partial charge in [-0.1, -0.05) is 0 Å². The summed E-state index contributed by atoms with van der Waals surface area (Å²) >= 11 is 1.70. The number of thiazole rings is 1. The predicted molar refractivity (Wildman–Crippen MR) is 89.4 cm³/mol. The minimum absolute atomic E-state index is 0.120. The van der Waals surface area contributed by atoms with E-state index in [0.29, 0.717) is 5.92 Å². The van der Waals surface area contributed by atoms with Crippen LogP contribution in [0.4, 0.5) is 5.69 Å². The largest absolute Gasteiger partial charge is 0.308 e. The van der Waals surface area contributed by atoms with Gasteiger partial charge in [0.15, 0.2) is 0 Å². The van der Waals surface area contributed by atoms with Gasteiger partial charge < -0.3 is 4.90 Å². The second-order valence-electron chi connectivity index (χ2n) is 6.51. The lowest BCUT2D eigenvalue weighted by Crippen LogP contribution is -2.40. The van der Waals surface area contributed by atoms with E-state index in [2.05, 4.69) is 20.8 Å². The zero-order valence-corrected chi connectivity index (χ0v) is 14.2. The molecule has 1 aliphatic carbocycles. The Bertz CT molecular complexity index is 720. The first-order valence-corrected chi connectivity index (χ1v) is 8.98. The normalized spacial score (nSPS) is 22.8. The Balaban J connectivity index is 1.49. The lowest BCUT2D eigenvalue weighted by atomic mass is 10.1. The molecule has 0 bridgehead atoms. The standard InChI is InChI=1S/C16H21N5OS/c1-10-9-23-15(18-10)14(11-3-4-11)19-13-5-6-21(16(13)22)12-7-17-20(2)8-12/h7-9,11,13-14,19H,3-6H2,1-2H3/t13-,14-/m0/s1. The number of rotatable bonds is 5. The molecule has 0 spiro atoms. The number of hydrogen-bond donors (Lipinski definition) is 1. The minimum atomic E-state index is -0.120. The number of hydrogen-bond acceptors (Lipinski definition) is 5. The SMILES string of the molecule is Cc1csc([C@@H](N[C@H]2CCN(c3cnn(C)c3)C2=O)C2CC2)n1. The van der Waals surface area contributed by atoms with Crippen LogP contribution in [0.15, 0.2) is 17.8 Å². The summed E-state index contributed by atoms with van der Waals surface area (Å²) in [5.41, 5.74) is 1.95. The summed E-state index contributed by atoms with van der Waals surface area (Å²) < 4.78 is 1.73. The molecular formula is C16H21N5OS. The fourth-order valence-corrected chi connectivity index (χ4v) is 4.16. The molecule has 0 unspecified atom stereocenters. The van der Waals surface area contributed by atoms with E-state index in [1.807, 2.05) is 25.1 Å². The summed E-state index contributed by atoms with van der Waals surface area (Å²) in [6.45, 7) is 2.77. The second-order valence-corrected chi connectivity index (χ2v) is 7.40. The quantitative estimate of drug-likeness (QED) is 0.910. The zero-order valence-electron chi connectivity index (χ0n) is 13.4. The van der Waals surface area contributed by atoms with Crippen LogP contribution in [0, 0.1) is 12.8 Å². The minimum Gasteiger partial charge on any atom is -0.308 e. The summed E-state index contributed by atoms with van der Waals surface area (Å²) in [6.07, 6.45) is 6.93. The van der Waals surface area contributed by atoms with Crippen molar-refractivity contribution in [2.75, 3.05) is 11.4 Å². The van der Waals surface area contributed by atoms with Crippen molar-refractivity contribution in [1.82, 2.24) is 20.1 Å². The molecule has 0 radical (unpaired) electrons. The summed E-state index contributed by atoms with van der Waals surface area (Å²) in [5, 5.41) is 11.0. The fraction of sp³-hybridized carbons (Fsp3) is 0.562. The van der Waals surface area contributed by atoms with Gasteiger partial charge in [-0.05, 0) is 32.1 Å². The van der Waals surface area contributed by atoms with E-state index in [-0.39, 0.29) is 18.0 Å². The topological polar surface area (TPSA) is 63.1 Å². The third kappa shape index (κ3) is 2.90. The maximum Gasteiger partial charge on any atom is 0.244 e. The summed E-state index contributed by atoms with van der Waals surface area (Å²) in [7, 11) is 1.87. The summed E-state index contributed by atoms with van der Waals surface area (Å²) in [5.74, 6) is 0.776. The van der Waals surface area contributed by atoms with Gasteiger partial charge in [-0.15, -0.1) is 11.3 Å². The third-order valence-electron chi connectivity index (χ3n) is 4.59. The van der Waals surface area contributed by atoms with Crippen LogP contribution in [-0.2, 0) is 11.8 Å². The molecule has 4 rings (SSSR count). The van der Waals surface area contributed by atoms with Crippen molar-refractivity contribution in [2.45, 2.75) is 38.3 Å². The van der Waals surface area contributed by atoms with Crippen molar-refractivity contribution in [1.29, 1.82) is 0 Å². The smallest absolute Gasteiger partial charge is 0.244 e. The highest BCUT2D eigenvalue weighted by molar-refractivity contribution is 7.09. The van der Waals surface area contributed by atoms with Crippen molar-refractivity contribution in [3.05, 3.63) is 28.5 Å². The molecule has 2 fully saturated rings. The lowest BCUT2D eigenvalue weighted by Gasteiger charge is -2.21. The highest BCUT2D eigenvalue weighted by Gasteiger charge is 2.40. The van der Waals surface area contributed by atoms with Crippen molar-refractivity contribution < 1.29 is 4.79 Å². The Morgan fingerprint density at radius 1 is 1.39 bits per heavy atom. The Morgan fingerprint density at radius 2 is 2.22 bits per heavy atom. The number of anilines is 1. The van der Waals surface area contributed by atoms with Gasteiger partial charge in [0, 0.05) is 30.9 Å². The first kappa shape index (κ1) is 14.8. The highest BCUT2D eigenvalue weighted by atomic mass is 32.1. The van der Waals surface area contributed by atoms with Crippen LogP contribution in [0.25, 0.3) is 0 Å². The van der Waals surface area contributed by atoms with Gasteiger partial charge >= 0.3 is 0 Å². The fourth-order valence-electron chi connectivity index (χ4n) is 3.21. The number of aryl methyl sites for hydroxylation is 2. The molecule has 1 N–H and O–H groups in total. The number of nitrogens with zero attached hydrogens (tertiary/aromatic N) is 4. The molecule has 1 saturated carbocycles. The third-order valence-corrected chi connectivity index (χ3v) is 5.63. The Morgan fingerprint density at radius 3 is 2.83 bits per heavy atom. The first-order valence-electron chi connectivity index (χ1n) is 8.10. The molecular weight excluding hydrogens is 310 g/mol. The first-order chi connectivity index (χ1) is 11.1. The maximum absolute atomic E-state index is 12.7. The van der Waals surface area contributed by atoms with E-state index in [4.69, 9.17) is 0 Å². The molecule has 7 heteroatoms. The van der Waals surface area contributed by atoms with Crippen molar-refractivity contribution in [2.24, 2.45) is 13.0 Å². The van der Waals surface area contributed by atoms with E-state index in [1.165, 1.54) is 12.8 Å². The van der Waals surface area contributed by atoms with Crippen LogP contribution in [-0.4, -0.2) is 33.3 Å². The Labute approximate surface area is 139 Å². The van der Waals surface area contributed by atoms with Gasteiger partial charge in [0.25, 0.3) is 0 Å². The van der Waals surface area contributed by atoms with E-state index in [1.54, 1.807) is 22.2 Å². The van der Waals surface area contributed by atoms with Crippen LogP contribution in [0.2, 0.25) is 0 Å². The van der Waals surface area contributed by atoms with Crippen LogP contribution in [0.1, 0.15) is 36.0 Å². The average molecular weight is 331 g/mol.